The SMILES string of the molecule is CC(N)CCc1nc(C2CCCS2)no1. The van der Waals surface area contributed by atoms with Gasteiger partial charge in [0, 0.05) is 12.5 Å². The van der Waals surface area contributed by atoms with E-state index in [0.29, 0.717) is 5.25 Å². The summed E-state index contributed by atoms with van der Waals surface area (Å²) in [6, 6.07) is 0.196. The molecule has 0 bridgehead atoms. The standard InChI is InChI=1S/C10H17N3OS/c1-7(11)4-5-9-12-10(13-14-9)8-3-2-6-15-8/h7-8H,2-6,11H2,1H3. The summed E-state index contributed by atoms with van der Waals surface area (Å²) in [5.74, 6) is 2.82. The Labute approximate surface area is 94.0 Å². The van der Waals surface area contributed by atoms with Crippen molar-refractivity contribution >= 4 is 11.8 Å². The quantitative estimate of drug-likeness (QED) is 0.851. The van der Waals surface area contributed by atoms with Gasteiger partial charge in [-0.2, -0.15) is 16.7 Å². The number of rotatable bonds is 4. The van der Waals surface area contributed by atoms with Crippen molar-refractivity contribution in [1.29, 1.82) is 0 Å². The monoisotopic (exact) mass is 227 g/mol. The zero-order valence-electron chi connectivity index (χ0n) is 8.98. The minimum atomic E-state index is 0.196. The van der Waals surface area contributed by atoms with E-state index in [9.17, 15) is 0 Å². The fourth-order valence-electron chi connectivity index (χ4n) is 1.63. The third-order valence-electron chi connectivity index (χ3n) is 2.52. The van der Waals surface area contributed by atoms with E-state index in [-0.39, 0.29) is 6.04 Å². The molecule has 0 spiro atoms. The fourth-order valence-corrected chi connectivity index (χ4v) is 2.83. The van der Waals surface area contributed by atoms with Gasteiger partial charge < -0.3 is 10.3 Å². The maximum absolute atomic E-state index is 5.68. The van der Waals surface area contributed by atoms with E-state index in [1.807, 2.05) is 18.7 Å². The van der Waals surface area contributed by atoms with Gasteiger partial charge in [0.15, 0.2) is 5.82 Å². The lowest BCUT2D eigenvalue weighted by molar-refractivity contribution is 0.367. The molecule has 1 aliphatic heterocycles. The second-order valence-corrected chi connectivity index (χ2v) is 5.37. The summed E-state index contributed by atoms with van der Waals surface area (Å²) in [5.41, 5.74) is 5.68. The molecule has 0 amide bonds. The summed E-state index contributed by atoms with van der Waals surface area (Å²) in [7, 11) is 0. The van der Waals surface area contributed by atoms with Crippen LogP contribution in [0.4, 0.5) is 0 Å². The highest BCUT2D eigenvalue weighted by Gasteiger charge is 2.22. The van der Waals surface area contributed by atoms with Gasteiger partial charge in [-0.15, -0.1) is 0 Å². The maximum Gasteiger partial charge on any atom is 0.226 e. The summed E-state index contributed by atoms with van der Waals surface area (Å²) in [6.07, 6.45) is 4.14. The van der Waals surface area contributed by atoms with E-state index in [4.69, 9.17) is 10.3 Å². The van der Waals surface area contributed by atoms with Crippen molar-refractivity contribution in [2.45, 2.75) is 43.9 Å². The molecule has 84 valence electrons. The van der Waals surface area contributed by atoms with Crippen LogP contribution in [-0.2, 0) is 6.42 Å². The van der Waals surface area contributed by atoms with Crippen LogP contribution < -0.4 is 5.73 Å². The van der Waals surface area contributed by atoms with Crippen molar-refractivity contribution in [3.8, 4) is 0 Å². The summed E-state index contributed by atoms with van der Waals surface area (Å²) in [4.78, 5) is 4.41. The Hall–Kier alpha value is -0.550. The van der Waals surface area contributed by atoms with Crippen molar-refractivity contribution < 1.29 is 4.52 Å². The largest absolute Gasteiger partial charge is 0.339 e. The molecule has 2 rings (SSSR count). The van der Waals surface area contributed by atoms with Crippen LogP contribution >= 0.6 is 11.8 Å². The first-order valence-electron chi connectivity index (χ1n) is 5.45. The second kappa shape index (κ2) is 4.99. The van der Waals surface area contributed by atoms with E-state index in [0.717, 1.165) is 24.6 Å². The zero-order valence-corrected chi connectivity index (χ0v) is 9.80. The second-order valence-electron chi connectivity index (χ2n) is 4.06. The summed E-state index contributed by atoms with van der Waals surface area (Å²) in [6.45, 7) is 1.99. The molecule has 1 aliphatic rings. The Morgan fingerprint density at radius 1 is 1.67 bits per heavy atom. The molecule has 2 atom stereocenters. The fraction of sp³-hybridized carbons (Fsp3) is 0.800. The van der Waals surface area contributed by atoms with E-state index < -0.39 is 0 Å². The average molecular weight is 227 g/mol. The molecule has 1 aromatic heterocycles. The highest BCUT2D eigenvalue weighted by Crippen LogP contribution is 2.38. The number of aryl methyl sites for hydroxylation is 1. The maximum atomic E-state index is 5.68. The van der Waals surface area contributed by atoms with Crippen LogP contribution in [0.15, 0.2) is 4.52 Å². The number of hydrogen-bond donors (Lipinski definition) is 1. The Kier molecular flexibility index (Phi) is 3.64. The highest BCUT2D eigenvalue weighted by molar-refractivity contribution is 7.99. The van der Waals surface area contributed by atoms with Crippen LogP contribution in [0.2, 0.25) is 0 Å². The van der Waals surface area contributed by atoms with Crippen LogP contribution in [-0.4, -0.2) is 21.9 Å². The van der Waals surface area contributed by atoms with Gasteiger partial charge in [0.05, 0.1) is 5.25 Å². The first-order chi connectivity index (χ1) is 7.25. The van der Waals surface area contributed by atoms with Gasteiger partial charge in [-0.3, -0.25) is 0 Å². The van der Waals surface area contributed by atoms with Gasteiger partial charge in [0.25, 0.3) is 0 Å². The molecule has 15 heavy (non-hydrogen) atoms. The third-order valence-corrected chi connectivity index (χ3v) is 3.89. The molecule has 0 radical (unpaired) electrons. The molecular weight excluding hydrogens is 210 g/mol. The minimum Gasteiger partial charge on any atom is -0.339 e. The predicted molar refractivity (Wildman–Crippen MR) is 60.7 cm³/mol. The van der Waals surface area contributed by atoms with Gasteiger partial charge in [-0.1, -0.05) is 5.16 Å². The van der Waals surface area contributed by atoms with Crippen molar-refractivity contribution in [1.82, 2.24) is 10.1 Å². The third kappa shape index (κ3) is 2.95. The molecule has 4 nitrogen and oxygen atoms in total. The van der Waals surface area contributed by atoms with E-state index >= 15 is 0 Å². The Morgan fingerprint density at radius 2 is 2.53 bits per heavy atom. The Morgan fingerprint density at radius 3 is 3.20 bits per heavy atom. The lowest BCUT2D eigenvalue weighted by atomic mass is 10.2. The first kappa shape index (κ1) is 11.0. The molecule has 1 saturated heterocycles. The van der Waals surface area contributed by atoms with E-state index in [2.05, 4.69) is 10.1 Å². The highest BCUT2D eigenvalue weighted by atomic mass is 32.2. The van der Waals surface area contributed by atoms with Crippen LogP contribution in [0, 0.1) is 0 Å². The van der Waals surface area contributed by atoms with Crippen molar-refractivity contribution in [3.63, 3.8) is 0 Å². The van der Waals surface area contributed by atoms with Gasteiger partial charge >= 0.3 is 0 Å². The molecular formula is C10H17N3OS. The summed E-state index contributed by atoms with van der Waals surface area (Å²) >= 11 is 1.92. The van der Waals surface area contributed by atoms with Gasteiger partial charge in [0.1, 0.15) is 0 Å². The van der Waals surface area contributed by atoms with E-state index in [1.54, 1.807) is 0 Å². The molecule has 5 heteroatoms. The van der Waals surface area contributed by atoms with Crippen molar-refractivity contribution in [2.75, 3.05) is 5.75 Å². The zero-order chi connectivity index (χ0) is 10.7. The molecule has 2 N–H and O–H groups in total. The normalized spacial score (nSPS) is 23.2. The van der Waals surface area contributed by atoms with Crippen LogP contribution in [0.1, 0.15) is 43.2 Å². The molecule has 0 aromatic carbocycles. The predicted octanol–water partition coefficient (Wildman–Crippen LogP) is 1.92. The molecule has 1 aromatic rings. The number of hydrogen-bond acceptors (Lipinski definition) is 5. The molecule has 2 unspecified atom stereocenters. The average Bonchev–Trinajstić information content (AvgIpc) is 2.85. The lowest BCUT2D eigenvalue weighted by Gasteiger charge is -2.00. The van der Waals surface area contributed by atoms with Crippen LogP contribution in [0.25, 0.3) is 0 Å². The minimum absolute atomic E-state index is 0.196. The number of nitrogens with two attached hydrogens (primary N) is 1. The molecule has 2 heterocycles. The van der Waals surface area contributed by atoms with Crippen LogP contribution in [0.3, 0.4) is 0 Å². The topological polar surface area (TPSA) is 64.9 Å². The Bertz CT molecular complexity index is 307. The van der Waals surface area contributed by atoms with Crippen molar-refractivity contribution in [3.05, 3.63) is 11.7 Å². The summed E-state index contributed by atoms with van der Waals surface area (Å²) in [5, 5.41) is 4.48. The van der Waals surface area contributed by atoms with E-state index in [1.165, 1.54) is 18.6 Å². The molecule has 1 fully saturated rings. The molecule has 0 aliphatic carbocycles. The van der Waals surface area contributed by atoms with Crippen molar-refractivity contribution in [2.24, 2.45) is 5.73 Å². The molecule has 0 saturated carbocycles. The van der Waals surface area contributed by atoms with Gasteiger partial charge in [-0.25, -0.2) is 0 Å². The lowest BCUT2D eigenvalue weighted by Crippen LogP contribution is -2.15. The number of thioether (sulfide) groups is 1. The van der Waals surface area contributed by atoms with Crippen LogP contribution in [0.5, 0.6) is 0 Å². The first-order valence-corrected chi connectivity index (χ1v) is 6.50. The number of nitrogens with zero attached hydrogens (tertiary/aromatic N) is 2. The Balaban J connectivity index is 1.91. The van der Waals surface area contributed by atoms with Gasteiger partial charge in [0.2, 0.25) is 5.89 Å². The smallest absolute Gasteiger partial charge is 0.226 e. The van der Waals surface area contributed by atoms with Gasteiger partial charge in [-0.05, 0) is 31.9 Å². The summed E-state index contributed by atoms with van der Waals surface area (Å²) < 4.78 is 5.20. The number of aromatic nitrogens is 2.